The Bertz CT molecular complexity index is 1870. The number of benzene rings is 3. The van der Waals surface area contributed by atoms with Crippen molar-refractivity contribution in [2.24, 2.45) is 0 Å². The first-order valence-corrected chi connectivity index (χ1v) is 13.9. The van der Waals surface area contributed by atoms with Gasteiger partial charge in [0.15, 0.2) is 15.5 Å². The van der Waals surface area contributed by atoms with Crippen LogP contribution in [0.3, 0.4) is 0 Å². The van der Waals surface area contributed by atoms with Crippen LogP contribution in [-0.2, 0) is 16.0 Å². The molecule has 41 heavy (non-hydrogen) atoms. The van der Waals surface area contributed by atoms with Crippen molar-refractivity contribution in [2.75, 3.05) is 11.6 Å². The molecule has 0 unspecified atom stereocenters. The molecule has 0 saturated carbocycles. The maximum atomic E-state index is 15.1. The van der Waals surface area contributed by atoms with Crippen LogP contribution in [0.4, 0.5) is 23.2 Å². The highest BCUT2D eigenvalue weighted by atomic mass is 32.2. The Morgan fingerprint density at radius 3 is 2.27 bits per heavy atom. The predicted molar refractivity (Wildman–Crippen MR) is 145 cm³/mol. The highest BCUT2D eigenvalue weighted by Crippen LogP contribution is 2.32. The number of aromatic nitrogens is 3. The number of amides is 1. The van der Waals surface area contributed by atoms with Crippen molar-refractivity contribution in [1.82, 2.24) is 14.8 Å². The fourth-order valence-electron chi connectivity index (χ4n) is 4.24. The van der Waals surface area contributed by atoms with Crippen LogP contribution in [0.25, 0.3) is 27.9 Å². The summed E-state index contributed by atoms with van der Waals surface area (Å²) >= 11 is 0. The standard InChI is InChI=1S/C29H20F4N4O3S/c1-41(39,40)26-8-3-2-7-22(26)20-9-10-24(23(30)16-20)35-28(38)25-17-27(29(31,32)33)36-37(25)21-6-4-5-19(15-21)18-11-13-34-14-12-18/h2-17H,1H3,(H,35,38). The van der Waals surface area contributed by atoms with Crippen molar-refractivity contribution in [3.05, 3.63) is 115 Å². The van der Waals surface area contributed by atoms with E-state index >= 15 is 4.39 Å². The van der Waals surface area contributed by atoms with E-state index in [4.69, 9.17) is 0 Å². The van der Waals surface area contributed by atoms with Gasteiger partial charge in [-0.2, -0.15) is 18.3 Å². The Balaban J connectivity index is 1.51. The minimum atomic E-state index is -4.84. The monoisotopic (exact) mass is 580 g/mol. The highest BCUT2D eigenvalue weighted by Gasteiger charge is 2.36. The average molecular weight is 581 g/mol. The summed E-state index contributed by atoms with van der Waals surface area (Å²) in [6.45, 7) is 0. The number of carbonyl (C=O) groups excluding carboxylic acids is 1. The van der Waals surface area contributed by atoms with E-state index in [9.17, 15) is 26.4 Å². The maximum Gasteiger partial charge on any atom is 0.435 e. The van der Waals surface area contributed by atoms with Crippen LogP contribution in [0.5, 0.6) is 0 Å². The molecule has 2 aromatic heterocycles. The van der Waals surface area contributed by atoms with E-state index in [0.717, 1.165) is 22.6 Å². The lowest BCUT2D eigenvalue weighted by Crippen LogP contribution is -2.17. The van der Waals surface area contributed by atoms with Crippen molar-refractivity contribution >= 4 is 21.4 Å². The summed E-state index contributed by atoms with van der Waals surface area (Å²) in [5, 5.41) is 5.93. The van der Waals surface area contributed by atoms with Gasteiger partial charge < -0.3 is 5.32 Å². The van der Waals surface area contributed by atoms with Gasteiger partial charge in [-0.3, -0.25) is 9.78 Å². The number of alkyl halides is 3. The van der Waals surface area contributed by atoms with Gasteiger partial charge in [-0.15, -0.1) is 0 Å². The topological polar surface area (TPSA) is 94.0 Å². The Labute approximate surface area is 232 Å². The molecular formula is C29H20F4N4O3S. The van der Waals surface area contributed by atoms with Crippen molar-refractivity contribution in [1.29, 1.82) is 0 Å². The largest absolute Gasteiger partial charge is 0.435 e. The van der Waals surface area contributed by atoms with Gasteiger partial charge in [0.2, 0.25) is 0 Å². The minimum Gasteiger partial charge on any atom is -0.318 e. The van der Waals surface area contributed by atoms with Gasteiger partial charge in [0.25, 0.3) is 5.91 Å². The molecule has 1 N–H and O–H groups in total. The summed E-state index contributed by atoms with van der Waals surface area (Å²) in [5.41, 5.74) is -0.0320. The number of hydrogen-bond acceptors (Lipinski definition) is 5. The van der Waals surface area contributed by atoms with Crippen molar-refractivity contribution in [2.45, 2.75) is 11.1 Å². The molecule has 0 bridgehead atoms. The zero-order valence-electron chi connectivity index (χ0n) is 21.2. The number of carbonyl (C=O) groups is 1. The Morgan fingerprint density at radius 2 is 1.59 bits per heavy atom. The van der Waals surface area contributed by atoms with E-state index < -0.39 is 39.1 Å². The Kier molecular flexibility index (Phi) is 7.18. The first kappa shape index (κ1) is 27.7. The molecule has 5 rings (SSSR count). The number of anilines is 1. The van der Waals surface area contributed by atoms with Crippen LogP contribution < -0.4 is 5.32 Å². The second-order valence-corrected chi connectivity index (χ2v) is 11.0. The first-order valence-electron chi connectivity index (χ1n) is 12.0. The summed E-state index contributed by atoms with van der Waals surface area (Å²) in [7, 11) is -3.62. The molecule has 0 atom stereocenters. The van der Waals surface area contributed by atoms with Gasteiger partial charge in [-0.25, -0.2) is 17.5 Å². The van der Waals surface area contributed by atoms with E-state index in [2.05, 4.69) is 15.4 Å². The molecule has 0 aliphatic carbocycles. The highest BCUT2D eigenvalue weighted by molar-refractivity contribution is 7.90. The van der Waals surface area contributed by atoms with E-state index in [1.54, 1.807) is 48.8 Å². The third-order valence-corrected chi connectivity index (χ3v) is 7.31. The average Bonchev–Trinajstić information content (AvgIpc) is 3.41. The van der Waals surface area contributed by atoms with Crippen LogP contribution >= 0.6 is 0 Å². The SMILES string of the molecule is CS(=O)(=O)c1ccccc1-c1ccc(NC(=O)c2cc(C(F)(F)F)nn2-c2cccc(-c3ccncc3)c2)c(F)c1. The number of hydrogen-bond donors (Lipinski definition) is 1. The van der Waals surface area contributed by atoms with Gasteiger partial charge >= 0.3 is 6.18 Å². The Hall–Kier alpha value is -4.84. The van der Waals surface area contributed by atoms with Crippen molar-refractivity contribution < 1.29 is 30.8 Å². The Morgan fingerprint density at radius 1 is 0.854 bits per heavy atom. The molecule has 0 saturated heterocycles. The number of rotatable bonds is 6. The fourth-order valence-corrected chi connectivity index (χ4v) is 5.15. The summed E-state index contributed by atoms with van der Waals surface area (Å²) in [5.74, 6) is -1.95. The summed E-state index contributed by atoms with van der Waals surface area (Å²) in [6.07, 6.45) is -0.683. The molecule has 1 amide bonds. The predicted octanol–water partition coefficient (Wildman–Crippen LogP) is 6.42. The lowest BCUT2D eigenvalue weighted by atomic mass is 10.0. The van der Waals surface area contributed by atoms with Crippen LogP contribution in [0, 0.1) is 5.82 Å². The lowest BCUT2D eigenvalue weighted by Gasteiger charge is -2.12. The number of pyridine rings is 1. The molecule has 3 aromatic carbocycles. The normalized spacial score (nSPS) is 11.8. The second-order valence-electron chi connectivity index (χ2n) is 9.03. The molecule has 12 heteroatoms. The van der Waals surface area contributed by atoms with Crippen LogP contribution in [-0.4, -0.2) is 35.3 Å². The van der Waals surface area contributed by atoms with E-state index in [-0.39, 0.29) is 27.4 Å². The molecule has 0 aliphatic heterocycles. The van der Waals surface area contributed by atoms with E-state index in [1.165, 1.54) is 36.4 Å². The second kappa shape index (κ2) is 10.6. The molecule has 0 spiro atoms. The number of nitrogens with zero attached hydrogens (tertiary/aromatic N) is 3. The molecule has 2 heterocycles. The molecule has 208 valence electrons. The van der Waals surface area contributed by atoms with Gasteiger partial charge in [-0.1, -0.05) is 36.4 Å². The number of nitrogens with one attached hydrogen (secondary N) is 1. The zero-order valence-corrected chi connectivity index (χ0v) is 22.0. The minimum absolute atomic E-state index is 0.00577. The summed E-state index contributed by atoms with van der Waals surface area (Å²) in [6, 6.07) is 20.1. The third kappa shape index (κ3) is 5.87. The van der Waals surface area contributed by atoms with E-state index in [1.807, 2.05) is 0 Å². The van der Waals surface area contributed by atoms with Gasteiger partial charge in [0, 0.05) is 30.3 Å². The summed E-state index contributed by atoms with van der Waals surface area (Å²) in [4.78, 5) is 17.1. The van der Waals surface area contributed by atoms with Gasteiger partial charge in [0.05, 0.1) is 16.3 Å². The van der Waals surface area contributed by atoms with Gasteiger partial charge in [0.1, 0.15) is 11.5 Å². The first-order chi connectivity index (χ1) is 19.4. The quantitative estimate of drug-likeness (QED) is 0.234. The maximum absolute atomic E-state index is 15.1. The number of halogens is 4. The molecule has 7 nitrogen and oxygen atoms in total. The molecular weight excluding hydrogens is 560 g/mol. The zero-order chi connectivity index (χ0) is 29.4. The number of sulfone groups is 1. The van der Waals surface area contributed by atoms with Crippen LogP contribution in [0.1, 0.15) is 16.2 Å². The van der Waals surface area contributed by atoms with Crippen molar-refractivity contribution in [3.8, 4) is 27.9 Å². The molecule has 0 radical (unpaired) electrons. The third-order valence-electron chi connectivity index (χ3n) is 6.15. The van der Waals surface area contributed by atoms with E-state index in [0.29, 0.717) is 11.6 Å². The van der Waals surface area contributed by atoms with Gasteiger partial charge in [-0.05, 0) is 59.2 Å². The van der Waals surface area contributed by atoms with Crippen molar-refractivity contribution in [3.63, 3.8) is 0 Å². The smallest absolute Gasteiger partial charge is 0.318 e. The lowest BCUT2D eigenvalue weighted by molar-refractivity contribution is -0.141. The molecule has 0 aliphatic rings. The molecule has 0 fully saturated rings. The fraction of sp³-hybridized carbons (Fsp3) is 0.0690. The molecule has 5 aromatic rings. The van der Waals surface area contributed by atoms with Crippen LogP contribution in [0.15, 0.2) is 102 Å². The van der Waals surface area contributed by atoms with Crippen LogP contribution in [0.2, 0.25) is 0 Å². The summed E-state index contributed by atoms with van der Waals surface area (Å²) < 4.78 is 81.1.